The van der Waals surface area contributed by atoms with Crippen LogP contribution in [0.2, 0.25) is 0 Å². The predicted molar refractivity (Wildman–Crippen MR) is 258 cm³/mol. The van der Waals surface area contributed by atoms with Crippen LogP contribution in [0.5, 0.6) is 0 Å². The molecule has 286 valence electrons. The normalized spacial score (nSPS) is 11.6. The fourth-order valence-electron chi connectivity index (χ4n) is 9.45. The lowest BCUT2D eigenvalue weighted by molar-refractivity contribution is 0.669. The van der Waals surface area contributed by atoms with E-state index in [1.54, 1.807) is 0 Å². The molecule has 0 atom stereocenters. The molecule has 0 unspecified atom stereocenters. The molecule has 0 N–H and O–H groups in total. The zero-order chi connectivity index (χ0) is 40.3. The van der Waals surface area contributed by atoms with E-state index in [0.717, 1.165) is 56.1 Å². The molecule has 0 saturated heterocycles. The van der Waals surface area contributed by atoms with Crippen LogP contribution in [0, 0.1) is 0 Å². The van der Waals surface area contributed by atoms with Crippen LogP contribution in [0.4, 0.5) is 34.1 Å². The van der Waals surface area contributed by atoms with E-state index in [1.165, 1.54) is 54.6 Å². The topological polar surface area (TPSA) is 19.6 Å². The van der Waals surface area contributed by atoms with E-state index in [2.05, 4.69) is 234 Å². The molecule has 1 heterocycles. The van der Waals surface area contributed by atoms with Crippen molar-refractivity contribution in [3.05, 3.63) is 231 Å². The van der Waals surface area contributed by atoms with E-state index in [0.29, 0.717) is 0 Å². The number of hydrogen-bond acceptors (Lipinski definition) is 3. The van der Waals surface area contributed by atoms with Gasteiger partial charge in [-0.3, -0.25) is 0 Å². The summed E-state index contributed by atoms with van der Waals surface area (Å²) in [4.78, 5) is 4.73. The summed E-state index contributed by atoms with van der Waals surface area (Å²) in [5.41, 5.74) is 13.0. The highest BCUT2D eigenvalue weighted by molar-refractivity contribution is 6.28. The van der Waals surface area contributed by atoms with Crippen molar-refractivity contribution in [3.8, 4) is 22.3 Å². The van der Waals surface area contributed by atoms with Crippen LogP contribution in [0.15, 0.2) is 235 Å². The predicted octanol–water partition coefficient (Wildman–Crippen LogP) is 16.8. The number of hydrogen-bond donors (Lipinski definition) is 0. The third-order valence-electron chi connectivity index (χ3n) is 12.2. The largest absolute Gasteiger partial charge is 0.454 e. The van der Waals surface area contributed by atoms with E-state index < -0.39 is 0 Å². The highest BCUT2D eigenvalue weighted by Gasteiger charge is 2.23. The van der Waals surface area contributed by atoms with Gasteiger partial charge in [-0.2, -0.15) is 0 Å². The van der Waals surface area contributed by atoms with Gasteiger partial charge in [0.05, 0.1) is 17.1 Å². The highest BCUT2D eigenvalue weighted by Crippen LogP contribution is 2.48. The minimum absolute atomic E-state index is 0.873. The van der Waals surface area contributed by atoms with Gasteiger partial charge < -0.3 is 14.2 Å². The first-order chi connectivity index (χ1) is 30.3. The molecule has 0 aliphatic carbocycles. The Bertz CT molecular complexity index is 3520. The molecule has 12 rings (SSSR count). The van der Waals surface area contributed by atoms with Crippen LogP contribution >= 0.6 is 0 Å². The quantitative estimate of drug-likeness (QED) is 0.143. The van der Waals surface area contributed by atoms with Crippen molar-refractivity contribution in [2.45, 2.75) is 0 Å². The Kier molecular flexibility index (Phi) is 8.17. The maximum atomic E-state index is 6.65. The first kappa shape index (κ1) is 34.9. The van der Waals surface area contributed by atoms with Crippen LogP contribution in [-0.4, -0.2) is 0 Å². The van der Waals surface area contributed by atoms with Crippen LogP contribution < -0.4 is 9.80 Å². The molecule has 0 bridgehead atoms. The van der Waals surface area contributed by atoms with Gasteiger partial charge in [-0.25, -0.2) is 0 Å². The smallest absolute Gasteiger partial charge is 0.159 e. The van der Waals surface area contributed by atoms with E-state index in [4.69, 9.17) is 4.42 Å². The van der Waals surface area contributed by atoms with Gasteiger partial charge in [0, 0.05) is 38.8 Å². The molecule has 11 aromatic carbocycles. The van der Waals surface area contributed by atoms with Gasteiger partial charge in [0.2, 0.25) is 0 Å². The summed E-state index contributed by atoms with van der Waals surface area (Å²) in [5.74, 6) is 0. The molecule has 0 amide bonds. The van der Waals surface area contributed by atoms with Gasteiger partial charge in [-0.15, -0.1) is 0 Å². The molecule has 61 heavy (non-hydrogen) atoms. The fraction of sp³-hybridized carbons (Fsp3) is 0. The molecule has 0 radical (unpaired) electrons. The van der Waals surface area contributed by atoms with E-state index in [9.17, 15) is 0 Å². The number of furan rings is 1. The maximum absolute atomic E-state index is 6.65. The zero-order valence-electron chi connectivity index (χ0n) is 33.2. The molecule has 0 aliphatic rings. The van der Waals surface area contributed by atoms with Gasteiger partial charge in [0.1, 0.15) is 5.58 Å². The van der Waals surface area contributed by atoms with Crippen molar-refractivity contribution in [2.75, 3.05) is 9.80 Å². The fourth-order valence-corrected chi connectivity index (χ4v) is 9.45. The average Bonchev–Trinajstić information content (AvgIpc) is 3.72. The van der Waals surface area contributed by atoms with Crippen LogP contribution in [0.25, 0.3) is 76.5 Å². The van der Waals surface area contributed by atoms with E-state index >= 15 is 0 Å². The number of nitrogens with zero attached hydrogens (tertiary/aromatic N) is 2. The molecule has 3 heteroatoms. The van der Waals surface area contributed by atoms with Gasteiger partial charge in [0.15, 0.2) is 5.58 Å². The van der Waals surface area contributed by atoms with E-state index in [-0.39, 0.29) is 0 Å². The first-order valence-corrected chi connectivity index (χ1v) is 20.8. The van der Waals surface area contributed by atoms with Gasteiger partial charge in [-0.05, 0) is 104 Å². The number of rotatable bonds is 8. The highest BCUT2D eigenvalue weighted by atomic mass is 16.3. The average molecular weight is 779 g/mol. The Morgan fingerprint density at radius 2 is 0.820 bits per heavy atom. The minimum atomic E-state index is 0.873. The van der Waals surface area contributed by atoms with Crippen molar-refractivity contribution in [2.24, 2.45) is 0 Å². The standard InChI is InChI=1S/C58H38N2O/c1-4-15-39(16-5-1)47-21-10-12-24-52(47)59(43-17-6-2-7-18-43)45-33-27-40(28-34-45)46-35-29-41-31-37-51-53(38-32-42-30-36-49(46)56(41)57(42)51)60(44-19-8-3-9-20-44)54-25-14-23-50-48-22-11-13-26-55(48)61-58(50)54/h1-38H. The molecule has 0 saturated carbocycles. The minimum Gasteiger partial charge on any atom is -0.454 e. The lowest BCUT2D eigenvalue weighted by Gasteiger charge is -2.28. The molecule has 0 fully saturated rings. The number of benzene rings is 11. The Balaban J connectivity index is 1.01. The van der Waals surface area contributed by atoms with Crippen molar-refractivity contribution < 1.29 is 4.42 Å². The summed E-state index contributed by atoms with van der Waals surface area (Å²) >= 11 is 0. The van der Waals surface area contributed by atoms with Crippen molar-refractivity contribution in [3.63, 3.8) is 0 Å². The van der Waals surface area contributed by atoms with Crippen LogP contribution in [0.3, 0.4) is 0 Å². The van der Waals surface area contributed by atoms with Crippen molar-refractivity contribution in [1.82, 2.24) is 0 Å². The Morgan fingerprint density at radius 3 is 1.59 bits per heavy atom. The van der Waals surface area contributed by atoms with Gasteiger partial charge in [0.25, 0.3) is 0 Å². The second-order valence-electron chi connectivity index (χ2n) is 15.6. The summed E-state index contributed by atoms with van der Waals surface area (Å²) in [7, 11) is 0. The van der Waals surface area contributed by atoms with Gasteiger partial charge >= 0.3 is 0 Å². The molecule has 1 aromatic heterocycles. The second kappa shape index (κ2) is 14.3. The van der Waals surface area contributed by atoms with Crippen LogP contribution in [0.1, 0.15) is 0 Å². The first-order valence-electron chi connectivity index (χ1n) is 20.8. The lowest BCUT2D eigenvalue weighted by atomic mass is 9.89. The summed E-state index contributed by atoms with van der Waals surface area (Å²) in [6, 6.07) is 82.8. The summed E-state index contributed by atoms with van der Waals surface area (Å²) in [6.45, 7) is 0. The third kappa shape index (κ3) is 5.74. The van der Waals surface area contributed by atoms with Crippen molar-refractivity contribution in [1.29, 1.82) is 0 Å². The third-order valence-corrected chi connectivity index (χ3v) is 12.2. The number of para-hydroxylation sites is 5. The Hall–Kier alpha value is -8.14. The molecule has 12 aromatic rings. The monoisotopic (exact) mass is 778 g/mol. The SMILES string of the molecule is c1ccc(-c2ccccc2N(c2ccccc2)c2ccc(-c3ccc4ccc5c(N(c6ccccc6)c6cccc7c6oc6ccccc67)ccc6ccc3c4c65)cc2)cc1. The molecule has 0 spiro atoms. The summed E-state index contributed by atoms with van der Waals surface area (Å²) in [5, 5.41) is 9.63. The maximum Gasteiger partial charge on any atom is 0.159 e. The number of fused-ring (bicyclic) bond motifs is 3. The molecule has 3 nitrogen and oxygen atoms in total. The van der Waals surface area contributed by atoms with Crippen molar-refractivity contribution >= 4 is 88.4 Å². The Morgan fingerprint density at radius 1 is 0.279 bits per heavy atom. The molecule has 0 aliphatic heterocycles. The van der Waals surface area contributed by atoms with Crippen LogP contribution in [-0.2, 0) is 0 Å². The summed E-state index contributed by atoms with van der Waals surface area (Å²) in [6.07, 6.45) is 0. The second-order valence-corrected chi connectivity index (χ2v) is 15.6. The van der Waals surface area contributed by atoms with E-state index in [1.807, 2.05) is 6.07 Å². The lowest BCUT2D eigenvalue weighted by Crippen LogP contribution is -2.11. The zero-order valence-corrected chi connectivity index (χ0v) is 33.2. The molecular formula is C58H38N2O. The number of anilines is 6. The van der Waals surface area contributed by atoms with Gasteiger partial charge in [-0.1, -0.05) is 170 Å². The molecular weight excluding hydrogens is 741 g/mol. The Labute approximate surface area is 353 Å². The summed E-state index contributed by atoms with van der Waals surface area (Å²) < 4.78 is 6.65.